The van der Waals surface area contributed by atoms with Crippen LogP contribution in [0.2, 0.25) is 0 Å². The number of aryl methyl sites for hydroxylation is 1. The molecule has 1 saturated heterocycles. The summed E-state index contributed by atoms with van der Waals surface area (Å²) < 4.78 is 7.98. The van der Waals surface area contributed by atoms with Gasteiger partial charge in [-0.15, -0.1) is 0 Å². The molecule has 17 heavy (non-hydrogen) atoms. The minimum absolute atomic E-state index is 0.371. The van der Waals surface area contributed by atoms with E-state index in [1.807, 2.05) is 0 Å². The molecule has 2 rings (SSSR count). The largest absolute Gasteiger partial charge is 0.378 e. The van der Waals surface area contributed by atoms with Gasteiger partial charge in [-0.3, -0.25) is 0 Å². The van der Waals surface area contributed by atoms with Crippen molar-refractivity contribution in [3.05, 3.63) is 23.0 Å². The van der Waals surface area contributed by atoms with Gasteiger partial charge in [-0.05, 0) is 31.4 Å². The van der Waals surface area contributed by atoms with Crippen molar-refractivity contribution in [1.82, 2.24) is 9.88 Å². The molecule has 0 aliphatic carbocycles. The number of morpholine rings is 1. The maximum Gasteiger partial charge on any atom is 0.0662 e. The number of rotatable bonds is 3. The molecule has 0 saturated carbocycles. The molecule has 0 aromatic carbocycles. The summed E-state index contributed by atoms with van der Waals surface area (Å²) in [7, 11) is 0. The van der Waals surface area contributed by atoms with Crippen LogP contribution in [-0.4, -0.2) is 24.3 Å². The molecule has 1 aromatic rings. The summed E-state index contributed by atoms with van der Waals surface area (Å²) >= 11 is 0. The fourth-order valence-corrected chi connectivity index (χ4v) is 2.59. The maximum absolute atomic E-state index is 5.55. The normalized spacial score (nSPS) is 21.1. The lowest BCUT2D eigenvalue weighted by atomic mass is 10.1. The third-order valence-corrected chi connectivity index (χ3v) is 3.46. The van der Waals surface area contributed by atoms with Crippen LogP contribution < -0.4 is 5.32 Å². The average Bonchev–Trinajstić information content (AvgIpc) is 2.58. The number of ether oxygens (including phenoxy) is 1. The lowest BCUT2D eigenvalue weighted by molar-refractivity contribution is 0.0766. The standard InChI is InChI=1S/C14H24N2O/c1-10(2)8-16-11(3)7-13(12(16)4)14-9-17-6-5-15-14/h7,10,14-15H,5-6,8-9H2,1-4H3. The Labute approximate surface area is 104 Å². The second kappa shape index (κ2) is 5.23. The summed E-state index contributed by atoms with van der Waals surface area (Å²) in [6.07, 6.45) is 0. The number of aromatic nitrogens is 1. The Morgan fingerprint density at radius 1 is 1.47 bits per heavy atom. The van der Waals surface area contributed by atoms with E-state index in [0.29, 0.717) is 12.0 Å². The van der Waals surface area contributed by atoms with E-state index in [4.69, 9.17) is 4.74 Å². The predicted octanol–water partition coefficient (Wildman–Crippen LogP) is 2.42. The molecule has 0 spiro atoms. The molecule has 1 atom stereocenters. The van der Waals surface area contributed by atoms with Crippen LogP contribution >= 0.6 is 0 Å². The molecule has 3 heteroatoms. The molecule has 0 radical (unpaired) electrons. The number of hydrogen-bond donors (Lipinski definition) is 1. The molecule has 1 aliphatic heterocycles. The number of hydrogen-bond acceptors (Lipinski definition) is 2. The van der Waals surface area contributed by atoms with Gasteiger partial charge in [-0.2, -0.15) is 0 Å². The third-order valence-electron chi connectivity index (χ3n) is 3.46. The first-order valence-electron chi connectivity index (χ1n) is 6.57. The average molecular weight is 236 g/mol. The van der Waals surface area contributed by atoms with Gasteiger partial charge in [0.15, 0.2) is 0 Å². The molecule has 1 unspecified atom stereocenters. The molecule has 1 N–H and O–H groups in total. The van der Waals surface area contributed by atoms with Crippen molar-refractivity contribution in [1.29, 1.82) is 0 Å². The van der Waals surface area contributed by atoms with Crippen LogP contribution in [0.1, 0.15) is 36.8 Å². The molecule has 1 fully saturated rings. The zero-order valence-electron chi connectivity index (χ0n) is 11.4. The van der Waals surface area contributed by atoms with Gasteiger partial charge in [0.25, 0.3) is 0 Å². The van der Waals surface area contributed by atoms with Gasteiger partial charge in [0.1, 0.15) is 0 Å². The van der Waals surface area contributed by atoms with Crippen LogP contribution in [-0.2, 0) is 11.3 Å². The van der Waals surface area contributed by atoms with Crippen LogP contribution in [0.3, 0.4) is 0 Å². The fourth-order valence-electron chi connectivity index (χ4n) is 2.59. The van der Waals surface area contributed by atoms with E-state index >= 15 is 0 Å². The summed E-state index contributed by atoms with van der Waals surface area (Å²) in [6, 6.07) is 2.68. The van der Waals surface area contributed by atoms with E-state index in [2.05, 4.69) is 43.6 Å². The topological polar surface area (TPSA) is 26.2 Å². The van der Waals surface area contributed by atoms with Gasteiger partial charge in [0.05, 0.1) is 19.3 Å². The Kier molecular flexibility index (Phi) is 3.89. The van der Waals surface area contributed by atoms with E-state index < -0.39 is 0 Å². The molecule has 0 amide bonds. The van der Waals surface area contributed by atoms with E-state index in [0.717, 1.165) is 26.3 Å². The van der Waals surface area contributed by atoms with Crippen molar-refractivity contribution in [3.63, 3.8) is 0 Å². The van der Waals surface area contributed by atoms with E-state index in [1.54, 1.807) is 0 Å². The van der Waals surface area contributed by atoms with Crippen molar-refractivity contribution in [2.45, 2.75) is 40.3 Å². The smallest absolute Gasteiger partial charge is 0.0662 e. The first kappa shape index (κ1) is 12.7. The first-order valence-corrected chi connectivity index (χ1v) is 6.57. The summed E-state index contributed by atoms with van der Waals surface area (Å²) in [5.74, 6) is 0.684. The van der Waals surface area contributed by atoms with Gasteiger partial charge < -0.3 is 14.6 Å². The second-order valence-electron chi connectivity index (χ2n) is 5.41. The Balaban J connectivity index is 2.23. The van der Waals surface area contributed by atoms with Crippen molar-refractivity contribution < 1.29 is 4.74 Å². The van der Waals surface area contributed by atoms with Crippen LogP contribution in [0, 0.1) is 19.8 Å². The number of nitrogens with zero attached hydrogens (tertiary/aromatic N) is 1. The van der Waals surface area contributed by atoms with Crippen molar-refractivity contribution in [2.24, 2.45) is 5.92 Å². The highest BCUT2D eigenvalue weighted by Gasteiger charge is 2.20. The molecule has 2 heterocycles. The third kappa shape index (κ3) is 2.72. The van der Waals surface area contributed by atoms with Crippen molar-refractivity contribution in [3.8, 4) is 0 Å². The lowest BCUT2D eigenvalue weighted by Gasteiger charge is -2.24. The molecule has 1 aromatic heterocycles. The SMILES string of the molecule is Cc1cc(C2COCCN2)c(C)n1CC(C)C. The van der Waals surface area contributed by atoms with Crippen LogP contribution in [0.5, 0.6) is 0 Å². The molecular formula is C14H24N2O. The van der Waals surface area contributed by atoms with Gasteiger partial charge >= 0.3 is 0 Å². The van der Waals surface area contributed by atoms with Crippen LogP contribution in [0.25, 0.3) is 0 Å². The summed E-state index contributed by atoms with van der Waals surface area (Å²) in [5, 5.41) is 3.53. The van der Waals surface area contributed by atoms with Crippen molar-refractivity contribution in [2.75, 3.05) is 19.8 Å². The van der Waals surface area contributed by atoms with Crippen LogP contribution in [0.4, 0.5) is 0 Å². The lowest BCUT2D eigenvalue weighted by Crippen LogP contribution is -2.34. The number of nitrogens with one attached hydrogen (secondary N) is 1. The van der Waals surface area contributed by atoms with Crippen LogP contribution in [0.15, 0.2) is 6.07 Å². The molecule has 0 bridgehead atoms. The highest BCUT2D eigenvalue weighted by Crippen LogP contribution is 2.24. The Morgan fingerprint density at radius 3 is 2.82 bits per heavy atom. The van der Waals surface area contributed by atoms with Gasteiger partial charge in [0, 0.05) is 24.5 Å². The van der Waals surface area contributed by atoms with Gasteiger partial charge in [-0.25, -0.2) is 0 Å². The molecular weight excluding hydrogens is 212 g/mol. The maximum atomic E-state index is 5.55. The highest BCUT2D eigenvalue weighted by atomic mass is 16.5. The van der Waals surface area contributed by atoms with Gasteiger partial charge in [-0.1, -0.05) is 13.8 Å². The van der Waals surface area contributed by atoms with E-state index in [-0.39, 0.29) is 0 Å². The Bertz CT molecular complexity index is 376. The van der Waals surface area contributed by atoms with Gasteiger partial charge in [0.2, 0.25) is 0 Å². The predicted molar refractivity (Wildman–Crippen MR) is 70.3 cm³/mol. The summed E-state index contributed by atoms with van der Waals surface area (Å²) in [6.45, 7) is 12.6. The molecule has 1 aliphatic rings. The van der Waals surface area contributed by atoms with E-state index in [9.17, 15) is 0 Å². The first-order chi connectivity index (χ1) is 8.09. The van der Waals surface area contributed by atoms with E-state index in [1.165, 1.54) is 17.0 Å². The molecule has 96 valence electrons. The summed E-state index contributed by atoms with van der Waals surface area (Å²) in [5.41, 5.74) is 4.15. The highest BCUT2D eigenvalue weighted by molar-refractivity contribution is 5.30. The fraction of sp³-hybridized carbons (Fsp3) is 0.714. The Morgan fingerprint density at radius 2 is 2.24 bits per heavy atom. The monoisotopic (exact) mass is 236 g/mol. The minimum Gasteiger partial charge on any atom is -0.378 e. The summed E-state index contributed by atoms with van der Waals surface area (Å²) in [4.78, 5) is 0. The quantitative estimate of drug-likeness (QED) is 0.872. The van der Waals surface area contributed by atoms with Crippen molar-refractivity contribution >= 4 is 0 Å². The molecule has 3 nitrogen and oxygen atoms in total. The zero-order valence-corrected chi connectivity index (χ0v) is 11.4. The zero-order chi connectivity index (χ0) is 12.4. The minimum atomic E-state index is 0.371. The second-order valence-corrected chi connectivity index (χ2v) is 5.41. The Hall–Kier alpha value is -0.800.